The molecule has 1 aromatic carbocycles. The van der Waals surface area contributed by atoms with E-state index in [-0.39, 0.29) is 36.3 Å². The molecule has 1 fully saturated rings. The molecule has 1 saturated heterocycles. The van der Waals surface area contributed by atoms with E-state index in [1.165, 1.54) is 7.11 Å². The van der Waals surface area contributed by atoms with E-state index >= 15 is 0 Å². The van der Waals surface area contributed by atoms with Gasteiger partial charge in [0.1, 0.15) is 0 Å². The number of carbonyl (C=O) groups excluding carboxylic acids is 2. The molecule has 0 aliphatic carbocycles. The lowest BCUT2D eigenvalue weighted by atomic mass is 9.97. The normalized spacial score (nSPS) is 15.1. The highest BCUT2D eigenvalue weighted by molar-refractivity contribution is 5.78. The molecule has 0 spiro atoms. The molecular weight excluding hydrogens is 350 g/mol. The number of amides is 1. The average Bonchev–Trinajstić information content (AvgIpc) is 2.69. The van der Waals surface area contributed by atoms with Gasteiger partial charge < -0.3 is 14.6 Å². The van der Waals surface area contributed by atoms with Crippen molar-refractivity contribution in [1.29, 1.82) is 0 Å². The number of aromatic amines is 1. The quantitative estimate of drug-likeness (QED) is 0.784. The van der Waals surface area contributed by atoms with Gasteiger partial charge in [-0.3, -0.25) is 19.0 Å². The van der Waals surface area contributed by atoms with Gasteiger partial charge in [0.2, 0.25) is 5.91 Å². The molecule has 3 rings (SSSR count). The van der Waals surface area contributed by atoms with Gasteiger partial charge in [0.25, 0.3) is 5.56 Å². The summed E-state index contributed by atoms with van der Waals surface area (Å²) in [6.07, 6.45) is 1.85. The smallest absolute Gasteiger partial charge is 0.328 e. The number of rotatable bonds is 5. The van der Waals surface area contributed by atoms with Gasteiger partial charge >= 0.3 is 11.7 Å². The van der Waals surface area contributed by atoms with Crippen LogP contribution in [0.25, 0.3) is 10.9 Å². The number of carbonyl (C=O) groups is 2. The molecule has 0 saturated carbocycles. The van der Waals surface area contributed by atoms with Crippen LogP contribution in [0.4, 0.5) is 0 Å². The molecule has 144 valence electrons. The van der Waals surface area contributed by atoms with Gasteiger partial charge in [-0.2, -0.15) is 0 Å². The van der Waals surface area contributed by atoms with Crippen molar-refractivity contribution in [3.63, 3.8) is 0 Å². The fourth-order valence-electron chi connectivity index (χ4n) is 3.48. The number of H-pyrrole nitrogens is 1. The number of hydrogen-bond acceptors (Lipinski definition) is 5. The Balaban J connectivity index is 1.57. The Morgan fingerprint density at radius 1 is 1.19 bits per heavy atom. The van der Waals surface area contributed by atoms with Crippen molar-refractivity contribution in [2.24, 2.45) is 5.92 Å². The van der Waals surface area contributed by atoms with Crippen molar-refractivity contribution in [1.82, 2.24) is 14.5 Å². The first-order chi connectivity index (χ1) is 13.0. The van der Waals surface area contributed by atoms with Crippen LogP contribution in [-0.2, 0) is 20.9 Å². The zero-order valence-corrected chi connectivity index (χ0v) is 15.3. The minimum Gasteiger partial charge on any atom is -0.469 e. The van der Waals surface area contributed by atoms with Crippen LogP contribution < -0.4 is 11.2 Å². The monoisotopic (exact) mass is 373 g/mol. The van der Waals surface area contributed by atoms with Crippen molar-refractivity contribution < 1.29 is 14.3 Å². The number of fused-ring (bicyclic) bond motifs is 1. The van der Waals surface area contributed by atoms with Crippen molar-refractivity contribution in [3.8, 4) is 0 Å². The molecule has 0 radical (unpaired) electrons. The fraction of sp³-hybridized carbons (Fsp3) is 0.474. The van der Waals surface area contributed by atoms with E-state index in [0.717, 1.165) is 4.57 Å². The lowest BCUT2D eigenvalue weighted by molar-refractivity contribution is -0.148. The summed E-state index contributed by atoms with van der Waals surface area (Å²) < 4.78 is 5.88. The van der Waals surface area contributed by atoms with Gasteiger partial charge in [-0.1, -0.05) is 12.1 Å². The second-order valence-electron chi connectivity index (χ2n) is 6.71. The molecular formula is C19H23N3O5. The zero-order valence-electron chi connectivity index (χ0n) is 15.3. The van der Waals surface area contributed by atoms with E-state index in [4.69, 9.17) is 4.74 Å². The van der Waals surface area contributed by atoms with Crippen LogP contribution in [0.15, 0.2) is 33.9 Å². The number of methoxy groups -OCH3 is 1. The van der Waals surface area contributed by atoms with Gasteiger partial charge in [0.15, 0.2) is 0 Å². The first-order valence-electron chi connectivity index (χ1n) is 9.08. The van der Waals surface area contributed by atoms with Crippen LogP contribution in [0.2, 0.25) is 0 Å². The van der Waals surface area contributed by atoms with Crippen molar-refractivity contribution in [2.45, 2.75) is 32.2 Å². The Morgan fingerprint density at radius 3 is 2.59 bits per heavy atom. The Morgan fingerprint density at radius 2 is 1.89 bits per heavy atom. The van der Waals surface area contributed by atoms with Crippen LogP contribution in [-0.4, -0.2) is 46.5 Å². The predicted molar refractivity (Wildman–Crippen MR) is 99.4 cm³/mol. The number of piperidine rings is 1. The van der Waals surface area contributed by atoms with Gasteiger partial charge in [-0.15, -0.1) is 0 Å². The number of esters is 1. The summed E-state index contributed by atoms with van der Waals surface area (Å²) in [5.41, 5.74) is -0.306. The largest absolute Gasteiger partial charge is 0.469 e. The van der Waals surface area contributed by atoms with Crippen LogP contribution in [0.1, 0.15) is 25.7 Å². The Kier molecular flexibility index (Phi) is 5.73. The number of hydrogen-bond donors (Lipinski definition) is 1. The lowest BCUT2D eigenvalue weighted by Gasteiger charge is -2.30. The SMILES string of the molecule is COC(=O)C1CCN(C(=O)CCCn2c(=O)[nH]c3ccccc3c2=O)CC1. The predicted octanol–water partition coefficient (Wildman–Crippen LogP) is 0.882. The molecule has 2 heterocycles. The third-order valence-corrected chi connectivity index (χ3v) is 5.04. The Bertz CT molecular complexity index is 954. The molecule has 1 aromatic heterocycles. The van der Waals surface area contributed by atoms with E-state index in [1.807, 2.05) is 0 Å². The molecule has 1 aliphatic heterocycles. The molecule has 1 amide bonds. The summed E-state index contributed by atoms with van der Waals surface area (Å²) in [6.45, 7) is 1.23. The third kappa shape index (κ3) is 4.10. The summed E-state index contributed by atoms with van der Waals surface area (Å²) >= 11 is 0. The van der Waals surface area contributed by atoms with Crippen molar-refractivity contribution >= 4 is 22.8 Å². The minimum atomic E-state index is -0.468. The first-order valence-corrected chi connectivity index (χ1v) is 9.08. The van der Waals surface area contributed by atoms with Gasteiger partial charge in [-0.25, -0.2) is 4.79 Å². The van der Waals surface area contributed by atoms with Crippen molar-refractivity contribution in [2.75, 3.05) is 20.2 Å². The number of nitrogens with one attached hydrogen (secondary N) is 1. The fourth-order valence-corrected chi connectivity index (χ4v) is 3.48. The van der Waals surface area contributed by atoms with E-state index in [2.05, 4.69) is 4.98 Å². The second kappa shape index (κ2) is 8.20. The first kappa shape index (κ1) is 18.9. The third-order valence-electron chi connectivity index (χ3n) is 5.04. The molecule has 2 aromatic rings. The van der Waals surface area contributed by atoms with Gasteiger partial charge in [-0.05, 0) is 31.4 Å². The molecule has 8 heteroatoms. The molecule has 0 atom stereocenters. The summed E-state index contributed by atoms with van der Waals surface area (Å²) in [4.78, 5) is 52.9. The number of para-hydroxylation sites is 1. The summed E-state index contributed by atoms with van der Waals surface area (Å²) in [5.74, 6) is -0.394. The van der Waals surface area contributed by atoms with Crippen LogP contribution in [0.3, 0.4) is 0 Å². The average molecular weight is 373 g/mol. The van der Waals surface area contributed by atoms with Crippen LogP contribution in [0.5, 0.6) is 0 Å². The topological polar surface area (TPSA) is 101 Å². The Hall–Kier alpha value is -2.90. The van der Waals surface area contributed by atoms with Crippen LogP contribution >= 0.6 is 0 Å². The van der Waals surface area contributed by atoms with E-state index in [9.17, 15) is 19.2 Å². The summed E-state index contributed by atoms with van der Waals surface area (Å²) in [6, 6.07) is 6.85. The molecule has 0 bridgehead atoms. The Labute approximate surface area is 155 Å². The molecule has 0 unspecified atom stereocenters. The number of nitrogens with zero attached hydrogens (tertiary/aromatic N) is 2. The zero-order chi connectivity index (χ0) is 19.4. The lowest BCUT2D eigenvalue weighted by Crippen LogP contribution is -2.40. The summed E-state index contributed by atoms with van der Waals surface area (Å²) in [7, 11) is 1.37. The van der Waals surface area contributed by atoms with E-state index in [0.29, 0.717) is 43.3 Å². The van der Waals surface area contributed by atoms with E-state index in [1.54, 1.807) is 29.2 Å². The highest BCUT2D eigenvalue weighted by Gasteiger charge is 2.27. The van der Waals surface area contributed by atoms with Gasteiger partial charge in [0.05, 0.1) is 23.9 Å². The molecule has 1 N–H and O–H groups in total. The summed E-state index contributed by atoms with van der Waals surface area (Å²) in [5, 5.41) is 0.452. The number of likely N-dealkylation sites (tertiary alicyclic amines) is 1. The van der Waals surface area contributed by atoms with E-state index < -0.39 is 5.69 Å². The maximum absolute atomic E-state index is 12.5. The highest BCUT2D eigenvalue weighted by atomic mass is 16.5. The molecule has 1 aliphatic rings. The van der Waals surface area contributed by atoms with Crippen LogP contribution in [0, 0.1) is 5.92 Å². The molecule has 27 heavy (non-hydrogen) atoms. The standard InChI is InChI=1S/C19H23N3O5/c1-27-18(25)13-8-11-21(12-9-13)16(23)7-4-10-22-17(24)14-5-2-3-6-15(14)20-19(22)26/h2-3,5-6,13H,4,7-12H2,1H3,(H,20,26). The maximum atomic E-state index is 12.5. The second-order valence-corrected chi connectivity index (χ2v) is 6.71. The number of aromatic nitrogens is 2. The van der Waals surface area contributed by atoms with Crippen molar-refractivity contribution in [3.05, 3.63) is 45.1 Å². The van der Waals surface area contributed by atoms with Gasteiger partial charge in [0, 0.05) is 26.1 Å². The minimum absolute atomic E-state index is 0.0245. The molecule has 8 nitrogen and oxygen atoms in total. The highest BCUT2D eigenvalue weighted by Crippen LogP contribution is 2.19. The maximum Gasteiger partial charge on any atom is 0.328 e. The number of benzene rings is 1. The number of ether oxygens (including phenoxy) is 1.